The zero-order valence-corrected chi connectivity index (χ0v) is 12.5. The van der Waals surface area contributed by atoms with Crippen molar-refractivity contribution in [1.82, 2.24) is 9.97 Å². The number of aliphatic hydroxyl groups is 2. The molecule has 118 valence electrons. The van der Waals surface area contributed by atoms with Crippen LogP contribution in [0.15, 0.2) is 6.33 Å². The smallest absolute Gasteiger partial charge is 0.142 e. The third kappa shape index (κ3) is 4.10. The Bertz CT molecular complexity index is 483. The molecular weight excluding hydrogens is 274 g/mol. The number of aromatic nitrogens is 2. The van der Waals surface area contributed by atoms with Gasteiger partial charge in [-0.2, -0.15) is 0 Å². The van der Waals surface area contributed by atoms with Gasteiger partial charge in [0.05, 0.1) is 18.3 Å². The summed E-state index contributed by atoms with van der Waals surface area (Å²) in [7, 11) is 0. The third-order valence-electron chi connectivity index (χ3n) is 2.95. The average molecular weight is 297 g/mol. The van der Waals surface area contributed by atoms with Crippen molar-refractivity contribution >= 4 is 17.3 Å². The van der Waals surface area contributed by atoms with E-state index in [1.807, 2.05) is 13.8 Å². The molecule has 1 aliphatic heterocycles. The van der Waals surface area contributed by atoms with E-state index in [1.165, 1.54) is 6.33 Å². The summed E-state index contributed by atoms with van der Waals surface area (Å²) in [5.74, 6) is 0.595. The highest BCUT2D eigenvalue weighted by Gasteiger charge is 2.34. The minimum atomic E-state index is -0.730. The molecule has 8 nitrogen and oxygen atoms in total. The van der Waals surface area contributed by atoms with E-state index < -0.39 is 18.4 Å². The molecule has 1 aliphatic rings. The molecule has 0 aromatic carbocycles. The second-order valence-corrected chi connectivity index (χ2v) is 4.40. The molecule has 2 rings (SSSR count). The number of rotatable bonds is 4. The number of nitrogen functional groups attached to an aromatic ring is 1. The Balaban J connectivity index is 0.00000106. The lowest BCUT2D eigenvalue weighted by Gasteiger charge is -2.16. The molecule has 0 bridgehead atoms. The Morgan fingerprint density at radius 1 is 1.52 bits per heavy atom. The topological polar surface area (TPSA) is 137 Å². The molecule has 0 spiro atoms. The highest BCUT2D eigenvalue weighted by atomic mass is 16.5. The van der Waals surface area contributed by atoms with Crippen molar-refractivity contribution in [2.45, 2.75) is 45.6 Å². The van der Waals surface area contributed by atoms with Gasteiger partial charge in [0.25, 0.3) is 0 Å². The molecule has 0 aliphatic carbocycles. The predicted molar refractivity (Wildman–Crippen MR) is 80.3 cm³/mol. The van der Waals surface area contributed by atoms with Gasteiger partial charge in [0.1, 0.15) is 30.3 Å². The first kappa shape index (κ1) is 17.3. The number of anilines is 2. The fourth-order valence-electron chi connectivity index (χ4n) is 2.02. The summed E-state index contributed by atoms with van der Waals surface area (Å²) in [4.78, 5) is 7.87. The molecule has 6 N–H and O–H groups in total. The van der Waals surface area contributed by atoms with Gasteiger partial charge < -0.3 is 31.4 Å². The zero-order valence-electron chi connectivity index (χ0n) is 12.5. The van der Waals surface area contributed by atoms with Gasteiger partial charge in [-0.05, 0) is 6.92 Å². The maximum Gasteiger partial charge on any atom is 0.142 e. The van der Waals surface area contributed by atoms with E-state index in [2.05, 4.69) is 15.3 Å². The first-order valence-corrected chi connectivity index (χ1v) is 6.89. The van der Waals surface area contributed by atoms with Gasteiger partial charge in [0, 0.05) is 12.1 Å². The first-order chi connectivity index (χ1) is 10.0. The van der Waals surface area contributed by atoms with Crippen LogP contribution in [0.25, 0.3) is 0 Å². The highest BCUT2D eigenvalue weighted by molar-refractivity contribution is 6.04. The molecule has 21 heavy (non-hydrogen) atoms. The summed E-state index contributed by atoms with van der Waals surface area (Å²) >= 11 is 0. The summed E-state index contributed by atoms with van der Waals surface area (Å²) in [5, 5.41) is 29.3. The second-order valence-electron chi connectivity index (χ2n) is 4.40. The van der Waals surface area contributed by atoms with E-state index in [0.29, 0.717) is 17.8 Å². The first-order valence-electron chi connectivity index (χ1n) is 6.89. The van der Waals surface area contributed by atoms with Gasteiger partial charge in [0.15, 0.2) is 0 Å². The fourth-order valence-corrected chi connectivity index (χ4v) is 2.02. The minimum absolute atomic E-state index is 0.210. The van der Waals surface area contributed by atoms with E-state index in [0.717, 1.165) is 0 Å². The van der Waals surface area contributed by atoms with Crippen LogP contribution in [0.5, 0.6) is 0 Å². The summed E-state index contributed by atoms with van der Waals surface area (Å²) < 4.78 is 5.42. The number of aliphatic hydroxyl groups excluding tert-OH is 2. The lowest BCUT2D eigenvalue weighted by molar-refractivity contribution is -0.0149. The van der Waals surface area contributed by atoms with Crippen LogP contribution in [-0.2, 0) is 4.74 Å². The number of nitrogens with one attached hydrogen (secondary N) is 2. The summed E-state index contributed by atoms with van der Waals surface area (Å²) in [6, 6.07) is 0. The van der Waals surface area contributed by atoms with Gasteiger partial charge in [-0.3, -0.25) is 0 Å². The number of hydrogen-bond acceptors (Lipinski definition) is 8. The van der Waals surface area contributed by atoms with Crippen LogP contribution in [-0.4, -0.2) is 50.9 Å². The van der Waals surface area contributed by atoms with Crippen molar-refractivity contribution in [3.05, 3.63) is 11.9 Å². The minimum Gasteiger partial charge on any atom is -0.394 e. The van der Waals surface area contributed by atoms with Gasteiger partial charge in [-0.15, -0.1) is 0 Å². The monoisotopic (exact) mass is 297 g/mol. The number of ether oxygens (including phenoxy) is 1. The van der Waals surface area contributed by atoms with Crippen molar-refractivity contribution in [2.24, 2.45) is 0 Å². The Morgan fingerprint density at radius 3 is 2.71 bits per heavy atom. The quantitative estimate of drug-likeness (QED) is 0.506. The largest absolute Gasteiger partial charge is 0.394 e. The standard InChI is InChI=1S/C11H17N5O3.C2H6/c1-5(12)9-10(13)14-4-15-11(9)16-8-2-6(18)7(3-17)19-8;1-2/h4,6-8,12,17-18H,2-3H2,1H3,(H3,13,14,15,16);1-2H3. The maximum absolute atomic E-state index is 9.65. The van der Waals surface area contributed by atoms with Gasteiger partial charge >= 0.3 is 0 Å². The van der Waals surface area contributed by atoms with Crippen LogP contribution in [0.1, 0.15) is 32.8 Å². The van der Waals surface area contributed by atoms with Gasteiger partial charge in [0.2, 0.25) is 0 Å². The second kappa shape index (κ2) is 7.87. The molecule has 0 amide bonds. The zero-order chi connectivity index (χ0) is 16.0. The summed E-state index contributed by atoms with van der Waals surface area (Å²) in [6.45, 7) is 5.34. The summed E-state index contributed by atoms with van der Waals surface area (Å²) in [6.07, 6.45) is -0.211. The number of nitrogens with zero attached hydrogens (tertiary/aromatic N) is 2. The molecule has 3 unspecified atom stereocenters. The molecule has 2 heterocycles. The molecule has 1 aromatic rings. The Morgan fingerprint density at radius 2 is 2.19 bits per heavy atom. The fraction of sp³-hybridized carbons (Fsp3) is 0.615. The lowest BCUT2D eigenvalue weighted by atomic mass is 10.1. The van der Waals surface area contributed by atoms with E-state index in [-0.39, 0.29) is 18.1 Å². The van der Waals surface area contributed by atoms with Gasteiger partial charge in [-0.1, -0.05) is 13.8 Å². The highest BCUT2D eigenvalue weighted by Crippen LogP contribution is 2.24. The van der Waals surface area contributed by atoms with Crippen molar-refractivity contribution < 1.29 is 14.9 Å². The average Bonchev–Trinajstić information content (AvgIpc) is 2.80. The van der Waals surface area contributed by atoms with Crippen LogP contribution >= 0.6 is 0 Å². The molecular formula is C13H23N5O3. The number of hydrogen-bond donors (Lipinski definition) is 5. The van der Waals surface area contributed by atoms with Crippen LogP contribution < -0.4 is 11.1 Å². The van der Waals surface area contributed by atoms with E-state index in [4.69, 9.17) is 21.0 Å². The SMILES string of the molecule is CC.CC(=N)c1c(N)ncnc1NC1CC(O)C(CO)O1. The summed E-state index contributed by atoms with van der Waals surface area (Å²) in [5.41, 5.74) is 6.36. The molecule has 8 heteroatoms. The van der Waals surface area contributed by atoms with Gasteiger partial charge in [-0.25, -0.2) is 9.97 Å². The van der Waals surface area contributed by atoms with Crippen LogP contribution in [0.2, 0.25) is 0 Å². The molecule has 3 atom stereocenters. The van der Waals surface area contributed by atoms with Crippen molar-refractivity contribution in [1.29, 1.82) is 5.41 Å². The van der Waals surface area contributed by atoms with Crippen LogP contribution in [0.3, 0.4) is 0 Å². The van der Waals surface area contributed by atoms with Crippen molar-refractivity contribution in [3.8, 4) is 0 Å². The molecule has 1 aromatic heterocycles. The molecule has 1 saturated heterocycles. The Hall–Kier alpha value is -1.77. The third-order valence-corrected chi connectivity index (χ3v) is 2.95. The van der Waals surface area contributed by atoms with Crippen LogP contribution in [0, 0.1) is 5.41 Å². The van der Waals surface area contributed by atoms with E-state index in [9.17, 15) is 5.11 Å². The van der Waals surface area contributed by atoms with E-state index >= 15 is 0 Å². The molecule has 0 saturated carbocycles. The van der Waals surface area contributed by atoms with Crippen molar-refractivity contribution in [3.63, 3.8) is 0 Å². The Kier molecular flexibility index (Phi) is 6.47. The Labute approximate surface area is 123 Å². The number of nitrogens with two attached hydrogens (primary N) is 1. The normalized spacial score (nSPS) is 24.1. The van der Waals surface area contributed by atoms with E-state index in [1.54, 1.807) is 6.92 Å². The maximum atomic E-state index is 9.65. The molecule has 0 radical (unpaired) electrons. The van der Waals surface area contributed by atoms with Crippen LogP contribution in [0.4, 0.5) is 11.6 Å². The van der Waals surface area contributed by atoms with Crippen molar-refractivity contribution in [2.75, 3.05) is 17.7 Å². The lowest BCUT2D eigenvalue weighted by Crippen LogP contribution is -2.25. The molecule has 1 fully saturated rings. The predicted octanol–water partition coefficient (Wildman–Crippen LogP) is 0.353.